The molecule has 0 saturated carbocycles. The second-order valence-electron chi connectivity index (χ2n) is 3.48. The van der Waals surface area contributed by atoms with Gasteiger partial charge in [-0.1, -0.05) is 13.8 Å². The SMILES string of the molecule is CC(C)COCC(O)CO.O=[N+]([O-])O.O=[N+]([O-])O.O=[N+]([O-])O. The lowest BCUT2D eigenvalue weighted by molar-refractivity contribution is -0.742. The Bertz CT molecular complexity index is 245. The van der Waals surface area contributed by atoms with Crippen LogP contribution in [0.3, 0.4) is 0 Å². The van der Waals surface area contributed by atoms with E-state index in [1.807, 2.05) is 13.8 Å². The highest BCUT2D eigenvalue weighted by molar-refractivity contribution is 4.49. The van der Waals surface area contributed by atoms with Gasteiger partial charge in [0.15, 0.2) is 0 Å². The lowest BCUT2D eigenvalue weighted by atomic mass is 10.2. The summed E-state index contributed by atoms with van der Waals surface area (Å²) in [5, 5.41) is 58.1. The smallest absolute Gasteiger partial charge is 0.291 e. The molecule has 0 saturated heterocycles. The maximum absolute atomic E-state index is 8.80. The summed E-state index contributed by atoms with van der Waals surface area (Å²) < 4.78 is 5.04. The molecular weight excluding hydrogens is 318 g/mol. The third-order valence-corrected chi connectivity index (χ3v) is 0.972. The number of nitrogens with zero attached hydrogens (tertiary/aromatic N) is 3. The zero-order valence-corrected chi connectivity index (χ0v) is 11.7. The van der Waals surface area contributed by atoms with Crippen LogP contribution in [0.2, 0.25) is 0 Å². The van der Waals surface area contributed by atoms with E-state index in [0.717, 1.165) is 0 Å². The van der Waals surface area contributed by atoms with E-state index in [1.165, 1.54) is 0 Å². The van der Waals surface area contributed by atoms with E-state index in [9.17, 15) is 0 Å². The first-order chi connectivity index (χ1) is 9.86. The van der Waals surface area contributed by atoms with Gasteiger partial charge in [0, 0.05) is 6.61 Å². The minimum Gasteiger partial charge on any atom is -0.394 e. The Labute approximate surface area is 123 Å². The Kier molecular flexibility index (Phi) is 26.2. The van der Waals surface area contributed by atoms with Crippen LogP contribution in [-0.4, -0.2) is 67.0 Å². The molecule has 134 valence electrons. The average Bonchev–Trinajstić information content (AvgIpc) is 2.25. The molecule has 0 heterocycles. The molecule has 0 aliphatic heterocycles. The van der Waals surface area contributed by atoms with Gasteiger partial charge in [0.05, 0.1) is 13.2 Å². The van der Waals surface area contributed by atoms with Crippen LogP contribution in [-0.2, 0) is 4.74 Å². The van der Waals surface area contributed by atoms with Crippen molar-refractivity contribution in [3.8, 4) is 0 Å². The molecule has 0 spiro atoms. The quantitative estimate of drug-likeness (QED) is 0.298. The van der Waals surface area contributed by atoms with Gasteiger partial charge >= 0.3 is 0 Å². The highest BCUT2D eigenvalue weighted by Gasteiger charge is 2.01. The van der Waals surface area contributed by atoms with Gasteiger partial charge in [0.1, 0.15) is 6.10 Å². The summed E-state index contributed by atoms with van der Waals surface area (Å²) >= 11 is 0. The summed E-state index contributed by atoms with van der Waals surface area (Å²) in [5.74, 6) is 0.478. The molecule has 0 aromatic heterocycles. The first-order valence-electron chi connectivity index (χ1n) is 5.23. The van der Waals surface area contributed by atoms with Crippen molar-refractivity contribution in [2.75, 3.05) is 19.8 Å². The Morgan fingerprint density at radius 1 is 0.909 bits per heavy atom. The topological polar surface area (TPSA) is 240 Å². The van der Waals surface area contributed by atoms with Crippen LogP contribution in [0, 0.1) is 36.3 Å². The fourth-order valence-corrected chi connectivity index (χ4v) is 0.492. The number of aliphatic hydroxyl groups excluding tert-OH is 2. The van der Waals surface area contributed by atoms with Crippen LogP contribution in [0.25, 0.3) is 0 Å². The van der Waals surface area contributed by atoms with Crippen LogP contribution >= 0.6 is 0 Å². The molecule has 15 nitrogen and oxygen atoms in total. The van der Waals surface area contributed by atoms with Crippen LogP contribution in [0.5, 0.6) is 0 Å². The van der Waals surface area contributed by atoms with Crippen molar-refractivity contribution >= 4 is 0 Å². The Morgan fingerprint density at radius 2 is 1.18 bits per heavy atom. The molecule has 0 aliphatic rings. The Hall–Kier alpha value is -2.52. The average molecular weight is 337 g/mol. The molecule has 0 radical (unpaired) electrons. The molecule has 15 heteroatoms. The van der Waals surface area contributed by atoms with Gasteiger partial charge in [-0.05, 0) is 5.92 Å². The van der Waals surface area contributed by atoms with Crippen LogP contribution in [0.15, 0.2) is 0 Å². The van der Waals surface area contributed by atoms with E-state index in [-0.39, 0.29) is 13.2 Å². The van der Waals surface area contributed by atoms with Gasteiger partial charge in [0.25, 0.3) is 15.3 Å². The third-order valence-electron chi connectivity index (χ3n) is 0.972. The Balaban J connectivity index is -0.000000112. The molecule has 22 heavy (non-hydrogen) atoms. The monoisotopic (exact) mass is 337 g/mol. The molecule has 0 rings (SSSR count). The predicted molar refractivity (Wildman–Crippen MR) is 65.1 cm³/mol. The standard InChI is InChI=1S/C7H16O3.3HNO3/c1-6(2)4-10-5-7(9)3-8;3*2-1(3)4/h6-9H,3-5H2,1-2H3;3*(H,2,3,4). The van der Waals surface area contributed by atoms with Crippen molar-refractivity contribution in [2.45, 2.75) is 20.0 Å². The maximum atomic E-state index is 8.80. The van der Waals surface area contributed by atoms with Gasteiger partial charge in [-0.3, -0.25) is 0 Å². The van der Waals surface area contributed by atoms with Gasteiger partial charge in [-0.2, -0.15) is 0 Å². The highest BCUT2D eigenvalue weighted by atomic mass is 16.9. The zero-order chi connectivity index (χ0) is 18.7. The molecule has 1 atom stereocenters. The maximum Gasteiger partial charge on any atom is 0.291 e. The van der Waals surface area contributed by atoms with E-state index < -0.39 is 21.4 Å². The molecule has 0 aromatic carbocycles. The fraction of sp³-hybridized carbons (Fsp3) is 1.00. The second kappa shape index (κ2) is 20.8. The summed E-state index contributed by atoms with van der Waals surface area (Å²) in [6.07, 6.45) is -0.723. The summed E-state index contributed by atoms with van der Waals surface area (Å²) in [6.45, 7) is 4.71. The minimum absolute atomic E-state index is 0.224. The number of ether oxygens (including phenoxy) is 1. The normalized spacial score (nSPS) is 9.68. The number of hydrogen-bond acceptors (Lipinski definition) is 9. The summed E-state index contributed by atoms with van der Waals surface area (Å²) in [5.41, 5.74) is 0. The van der Waals surface area contributed by atoms with Crippen molar-refractivity contribution in [3.63, 3.8) is 0 Å². The molecule has 5 N–H and O–H groups in total. The van der Waals surface area contributed by atoms with E-state index >= 15 is 0 Å². The van der Waals surface area contributed by atoms with Gasteiger partial charge in [-0.15, -0.1) is 30.3 Å². The molecule has 1 unspecified atom stereocenters. The van der Waals surface area contributed by atoms with Gasteiger partial charge < -0.3 is 30.6 Å². The van der Waals surface area contributed by atoms with Gasteiger partial charge in [-0.25, -0.2) is 0 Å². The van der Waals surface area contributed by atoms with Crippen molar-refractivity contribution in [1.82, 2.24) is 0 Å². The van der Waals surface area contributed by atoms with E-state index in [1.54, 1.807) is 0 Å². The lowest BCUT2D eigenvalue weighted by Gasteiger charge is -2.09. The van der Waals surface area contributed by atoms with Crippen LogP contribution < -0.4 is 0 Å². The van der Waals surface area contributed by atoms with Crippen molar-refractivity contribution < 1.29 is 45.8 Å². The molecule has 0 aromatic rings. The van der Waals surface area contributed by atoms with Crippen molar-refractivity contribution in [1.29, 1.82) is 0 Å². The molecule has 0 bridgehead atoms. The zero-order valence-electron chi connectivity index (χ0n) is 11.7. The summed E-state index contributed by atoms with van der Waals surface area (Å²) in [7, 11) is 0. The summed E-state index contributed by atoms with van der Waals surface area (Å²) in [6, 6.07) is 0. The fourth-order valence-electron chi connectivity index (χ4n) is 0.492. The van der Waals surface area contributed by atoms with E-state index in [0.29, 0.717) is 12.5 Å². The van der Waals surface area contributed by atoms with Gasteiger partial charge in [0.2, 0.25) is 0 Å². The minimum atomic E-state index is -1.50. The van der Waals surface area contributed by atoms with Crippen molar-refractivity contribution in [3.05, 3.63) is 30.3 Å². The molecule has 0 fully saturated rings. The summed E-state index contributed by atoms with van der Waals surface area (Å²) in [4.78, 5) is 25.1. The highest BCUT2D eigenvalue weighted by Crippen LogP contribution is 1.93. The van der Waals surface area contributed by atoms with E-state index in [2.05, 4.69) is 0 Å². The lowest BCUT2D eigenvalue weighted by Crippen LogP contribution is -2.20. The van der Waals surface area contributed by atoms with Crippen molar-refractivity contribution in [2.24, 2.45) is 5.92 Å². The predicted octanol–water partition coefficient (Wildman–Crippen LogP) is -1.03. The third kappa shape index (κ3) is 158. The molecular formula is C7H19N3O12. The first kappa shape index (κ1) is 27.8. The number of rotatable bonds is 5. The first-order valence-corrected chi connectivity index (χ1v) is 5.23. The largest absolute Gasteiger partial charge is 0.394 e. The molecule has 0 amide bonds. The van der Waals surface area contributed by atoms with Crippen LogP contribution in [0.4, 0.5) is 0 Å². The molecule has 0 aliphatic carbocycles. The van der Waals surface area contributed by atoms with E-state index in [4.69, 9.17) is 60.9 Å². The van der Waals surface area contributed by atoms with Crippen LogP contribution in [0.1, 0.15) is 13.8 Å². The number of hydrogen-bond donors (Lipinski definition) is 5. The number of aliphatic hydroxyl groups is 2. The Morgan fingerprint density at radius 3 is 1.36 bits per heavy atom. The second-order valence-corrected chi connectivity index (χ2v) is 3.48.